The molecule has 316 valence electrons. The van der Waals surface area contributed by atoms with E-state index in [0.717, 1.165) is 27.8 Å². The van der Waals surface area contributed by atoms with Gasteiger partial charge in [-0.2, -0.15) is 22.7 Å². The minimum absolute atomic E-state index is 0.0510. The van der Waals surface area contributed by atoms with E-state index in [4.69, 9.17) is 21.1 Å². The highest BCUT2D eigenvalue weighted by Crippen LogP contribution is 2.34. The molecular weight excluding hydrogens is 822 g/mol. The van der Waals surface area contributed by atoms with E-state index in [1.54, 1.807) is 29.7 Å². The molecule has 6 aromatic rings. The number of amides is 2. The number of ether oxygens (including phenoxy) is 2. The van der Waals surface area contributed by atoms with Gasteiger partial charge in [0.15, 0.2) is 17.3 Å². The molecule has 0 radical (unpaired) electrons. The number of piperazine rings is 1. The summed E-state index contributed by atoms with van der Waals surface area (Å²) in [4.78, 5) is 58.7. The van der Waals surface area contributed by atoms with Crippen LogP contribution in [0.25, 0.3) is 17.2 Å². The first-order valence-corrected chi connectivity index (χ1v) is 19.8. The van der Waals surface area contributed by atoms with Crippen LogP contribution in [0.4, 0.5) is 28.9 Å². The molecule has 0 saturated carbocycles. The molecule has 5 heterocycles. The Morgan fingerprint density at radius 1 is 1.00 bits per heavy atom. The van der Waals surface area contributed by atoms with Crippen molar-refractivity contribution in [3.05, 3.63) is 128 Å². The zero-order valence-corrected chi connectivity index (χ0v) is 33.7. The van der Waals surface area contributed by atoms with Gasteiger partial charge < -0.3 is 29.2 Å². The van der Waals surface area contributed by atoms with Crippen molar-refractivity contribution in [2.45, 2.75) is 52.6 Å². The number of aromatic nitrogens is 6. The topological polar surface area (TPSA) is 149 Å². The molecule has 8 rings (SSSR count). The van der Waals surface area contributed by atoms with E-state index in [0.29, 0.717) is 36.0 Å². The van der Waals surface area contributed by atoms with Crippen LogP contribution in [0, 0.1) is 12.7 Å². The number of benzene rings is 3. The Kier molecular flexibility index (Phi) is 11.5. The third-order valence-electron chi connectivity index (χ3n) is 10.6. The first-order chi connectivity index (χ1) is 29.3. The number of nitrogens with zero attached hydrogens (tertiary/aromatic N) is 8. The van der Waals surface area contributed by atoms with Gasteiger partial charge in [0, 0.05) is 26.2 Å². The molecule has 3 aromatic carbocycles. The number of alkyl halides is 3. The van der Waals surface area contributed by atoms with Crippen molar-refractivity contribution in [1.82, 2.24) is 34.0 Å². The van der Waals surface area contributed by atoms with E-state index < -0.39 is 35.6 Å². The quantitative estimate of drug-likeness (QED) is 0.156. The van der Waals surface area contributed by atoms with Gasteiger partial charge in [0.25, 0.3) is 11.5 Å². The van der Waals surface area contributed by atoms with Crippen LogP contribution in [0.15, 0.2) is 71.8 Å². The molecule has 0 unspecified atom stereocenters. The van der Waals surface area contributed by atoms with Crippen molar-refractivity contribution in [3.63, 3.8) is 0 Å². The highest BCUT2D eigenvalue weighted by Gasteiger charge is 2.33. The molecule has 14 nitrogen and oxygen atoms in total. The fourth-order valence-electron chi connectivity index (χ4n) is 7.53. The lowest BCUT2D eigenvalue weighted by Crippen LogP contribution is -2.51. The summed E-state index contributed by atoms with van der Waals surface area (Å²) in [6.45, 7) is 4.68. The second-order valence-electron chi connectivity index (χ2n) is 14.5. The molecule has 1 fully saturated rings. The van der Waals surface area contributed by atoms with Gasteiger partial charge in [0.1, 0.15) is 31.0 Å². The normalized spacial score (nSPS) is 14.3. The number of hydrogen-bond acceptors (Lipinski definition) is 10. The van der Waals surface area contributed by atoms with Gasteiger partial charge >= 0.3 is 6.18 Å². The van der Waals surface area contributed by atoms with Crippen LogP contribution in [-0.4, -0.2) is 78.6 Å². The van der Waals surface area contributed by atoms with Crippen molar-refractivity contribution >= 4 is 40.6 Å². The van der Waals surface area contributed by atoms with Gasteiger partial charge in [0.2, 0.25) is 11.7 Å². The Hall–Kier alpha value is -6.40. The molecule has 2 aliphatic rings. The number of hydrogen-bond donors (Lipinski definition) is 1. The number of carbonyl (C=O) groups is 2. The van der Waals surface area contributed by atoms with Gasteiger partial charge in [-0.1, -0.05) is 48.9 Å². The Bertz CT molecular complexity index is 2720. The van der Waals surface area contributed by atoms with Crippen LogP contribution in [-0.2, 0) is 48.3 Å². The van der Waals surface area contributed by atoms with E-state index in [1.807, 2.05) is 30.3 Å². The molecule has 3 aromatic heterocycles. The molecule has 2 amide bonds. The van der Waals surface area contributed by atoms with Crippen molar-refractivity contribution in [2.75, 3.05) is 43.0 Å². The molecule has 1 N–H and O–H groups in total. The van der Waals surface area contributed by atoms with Crippen molar-refractivity contribution < 1.29 is 36.6 Å². The summed E-state index contributed by atoms with van der Waals surface area (Å²) < 4.78 is 69.7. The van der Waals surface area contributed by atoms with Gasteiger partial charge in [-0.3, -0.25) is 14.4 Å². The third kappa shape index (κ3) is 8.37. The second-order valence-corrected chi connectivity index (χ2v) is 14.9. The summed E-state index contributed by atoms with van der Waals surface area (Å²) in [6.07, 6.45) is -2.60. The molecule has 0 atom stereocenters. The molecule has 61 heavy (non-hydrogen) atoms. The number of carbonyl (C=O) groups excluding carboxylic acids is 2. The van der Waals surface area contributed by atoms with E-state index in [-0.39, 0.29) is 96.7 Å². The van der Waals surface area contributed by atoms with E-state index in [2.05, 4.69) is 25.4 Å². The third-order valence-corrected chi connectivity index (χ3v) is 10.9. The fraction of sp³-hybridized carbons (Fsp3) is 0.310. The number of anilines is 2. The minimum atomic E-state index is -4.65. The largest absolute Gasteiger partial charge is 0.485 e. The van der Waals surface area contributed by atoms with Crippen LogP contribution >= 0.6 is 11.6 Å². The zero-order valence-electron chi connectivity index (χ0n) is 32.9. The van der Waals surface area contributed by atoms with E-state index in [1.165, 1.54) is 17.0 Å². The first-order valence-electron chi connectivity index (χ1n) is 19.4. The fourth-order valence-corrected chi connectivity index (χ4v) is 7.76. The number of halogens is 5. The molecule has 0 bridgehead atoms. The summed E-state index contributed by atoms with van der Waals surface area (Å²) in [5, 5.41) is 6.72. The predicted octanol–water partition coefficient (Wildman–Crippen LogP) is 6.28. The average molecular weight is 860 g/mol. The minimum Gasteiger partial charge on any atom is -0.485 e. The van der Waals surface area contributed by atoms with Gasteiger partial charge in [-0.15, -0.1) is 5.10 Å². The number of rotatable bonds is 10. The van der Waals surface area contributed by atoms with Crippen LogP contribution in [0.1, 0.15) is 51.1 Å². The molecule has 1 saturated heterocycles. The number of nitrogens with one attached hydrogen (secondary N) is 1. The van der Waals surface area contributed by atoms with Crippen LogP contribution in [0.5, 0.6) is 5.75 Å². The van der Waals surface area contributed by atoms with Gasteiger partial charge in [0.05, 0.1) is 46.4 Å². The lowest BCUT2D eigenvalue weighted by atomic mass is 9.99. The molecule has 19 heteroatoms. The highest BCUT2D eigenvalue weighted by atomic mass is 35.5. The van der Waals surface area contributed by atoms with Crippen LogP contribution in [0.2, 0.25) is 5.02 Å². The molecule has 0 spiro atoms. The summed E-state index contributed by atoms with van der Waals surface area (Å²) in [6, 6.07) is 15.0. The summed E-state index contributed by atoms with van der Waals surface area (Å²) in [5.74, 6) is -1.59. The first kappa shape index (κ1) is 41.3. The molecular formula is C42H38ClF4N9O5. The van der Waals surface area contributed by atoms with Crippen LogP contribution in [0.3, 0.4) is 0 Å². The highest BCUT2D eigenvalue weighted by molar-refractivity contribution is 6.33. The van der Waals surface area contributed by atoms with Crippen LogP contribution < -0.4 is 20.5 Å². The Morgan fingerprint density at radius 2 is 1.77 bits per heavy atom. The second kappa shape index (κ2) is 16.9. The van der Waals surface area contributed by atoms with Gasteiger partial charge in [-0.25, -0.2) is 14.4 Å². The lowest BCUT2D eigenvalue weighted by Gasteiger charge is -2.36. The standard InChI is InChI=1S/C42H38ClF4N9O5/c1-3-33-36(53-12-14-54(15-13-53)39(58)35-37(24(2)48-23-49-35)61-21-25-7-5-4-6-8-25)40(59)56-41(51-38(52-56)29-17-26-11-16-60-22-27(26)18-31(29)44)55(33)20-34(57)50-32-10-9-28(19-30(32)43)42(45,46)47/h4-10,17-19,23H,3,11-16,20-22H2,1-2H3,(H,50,57). The molecule has 0 aliphatic carbocycles. The number of fused-ring (bicyclic) bond motifs is 2. The van der Waals surface area contributed by atoms with Crippen molar-refractivity contribution in [1.29, 1.82) is 0 Å². The zero-order chi connectivity index (χ0) is 43.0. The van der Waals surface area contributed by atoms with E-state index in [9.17, 15) is 27.6 Å². The Morgan fingerprint density at radius 3 is 2.49 bits per heavy atom. The maximum Gasteiger partial charge on any atom is 0.416 e. The van der Waals surface area contributed by atoms with E-state index >= 15 is 4.39 Å². The SMILES string of the molecule is CCc1c(N2CCN(C(=O)c3ncnc(C)c3OCc3ccccc3)CC2)c(=O)n2nc(-c3cc4c(cc3F)COCC4)nc2n1CC(=O)Nc1ccc(C(F)(F)F)cc1Cl. The average Bonchev–Trinajstić information content (AvgIpc) is 3.70. The maximum atomic E-state index is 15.7. The van der Waals surface area contributed by atoms with Crippen molar-refractivity contribution in [2.24, 2.45) is 0 Å². The predicted molar refractivity (Wildman–Crippen MR) is 216 cm³/mol. The van der Waals surface area contributed by atoms with Crippen molar-refractivity contribution in [3.8, 4) is 17.1 Å². The Balaban J connectivity index is 1.12. The number of aryl methyl sites for hydroxylation is 1. The van der Waals surface area contributed by atoms with Gasteiger partial charge in [-0.05, 0) is 66.8 Å². The molecule has 2 aliphatic heterocycles. The Labute approximate surface area is 350 Å². The lowest BCUT2D eigenvalue weighted by molar-refractivity contribution is -0.137. The summed E-state index contributed by atoms with van der Waals surface area (Å²) in [7, 11) is 0. The smallest absolute Gasteiger partial charge is 0.416 e. The maximum absolute atomic E-state index is 15.7. The summed E-state index contributed by atoms with van der Waals surface area (Å²) >= 11 is 6.17. The summed E-state index contributed by atoms with van der Waals surface area (Å²) in [5.41, 5.74) is 2.02. The monoisotopic (exact) mass is 859 g/mol.